The Labute approximate surface area is 203 Å². The average molecular weight is 477 g/mol. The average Bonchev–Trinajstić information content (AvgIpc) is 3.36. The number of nitrogens with zero attached hydrogens (tertiary/aromatic N) is 4. The summed E-state index contributed by atoms with van der Waals surface area (Å²) in [6.45, 7) is 1.28. The molecule has 10 nitrogen and oxygen atoms in total. The summed E-state index contributed by atoms with van der Waals surface area (Å²) in [7, 11) is 1.62. The highest BCUT2D eigenvalue weighted by atomic mass is 16.5. The quantitative estimate of drug-likeness (QED) is 0.448. The summed E-state index contributed by atoms with van der Waals surface area (Å²) in [6, 6.07) is 7.42. The van der Waals surface area contributed by atoms with E-state index in [0.717, 1.165) is 29.7 Å². The summed E-state index contributed by atoms with van der Waals surface area (Å²) in [5.41, 5.74) is 1.69. The minimum Gasteiger partial charge on any atom is -0.497 e. The van der Waals surface area contributed by atoms with E-state index < -0.39 is 0 Å². The molecule has 2 aromatic rings. The fourth-order valence-electron chi connectivity index (χ4n) is 3.73. The lowest BCUT2D eigenvalue weighted by Crippen LogP contribution is -2.26. The number of rotatable bonds is 12. The third kappa shape index (κ3) is 6.50. The van der Waals surface area contributed by atoms with Gasteiger partial charge in [0, 0.05) is 37.1 Å². The molecule has 4 rings (SSSR count). The fourth-order valence-corrected chi connectivity index (χ4v) is 3.73. The first-order valence-electron chi connectivity index (χ1n) is 11.7. The van der Waals surface area contributed by atoms with Gasteiger partial charge in [-0.05, 0) is 43.5 Å². The molecule has 10 heteroatoms. The molecule has 2 aliphatic rings. The predicted molar refractivity (Wildman–Crippen MR) is 128 cm³/mol. The largest absolute Gasteiger partial charge is 0.497 e. The summed E-state index contributed by atoms with van der Waals surface area (Å²) in [6.07, 6.45) is 10.7. The van der Waals surface area contributed by atoms with Crippen molar-refractivity contribution in [3.05, 3.63) is 65.9 Å². The molecule has 2 heterocycles. The van der Waals surface area contributed by atoms with E-state index in [2.05, 4.69) is 31.0 Å². The Morgan fingerprint density at radius 3 is 2.74 bits per heavy atom. The van der Waals surface area contributed by atoms with Crippen LogP contribution in [-0.2, 0) is 16.0 Å². The number of hydrogen-bond acceptors (Lipinski definition) is 8. The van der Waals surface area contributed by atoms with Gasteiger partial charge in [-0.15, -0.1) is 10.2 Å². The number of carbonyl (C=O) groups is 2. The third-order valence-electron chi connectivity index (χ3n) is 5.64. The van der Waals surface area contributed by atoms with Gasteiger partial charge in [0.15, 0.2) is 5.82 Å². The number of nitrogens with one attached hydrogen (secondary N) is 2. The van der Waals surface area contributed by atoms with Crippen LogP contribution < -0.4 is 15.4 Å². The summed E-state index contributed by atoms with van der Waals surface area (Å²) in [5.74, 6) is 1.83. The topological polar surface area (TPSA) is 131 Å². The molecule has 0 bridgehead atoms. The van der Waals surface area contributed by atoms with Crippen molar-refractivity contribution in [2.75, 3.05) is 20.2 Å². The van der Waals surface area contributed by atoms with E-state index in [1.807, 2.05) is 48.6 Å². The molecule has 1 aromatic heterocycles. The maximum absolute atomic E-state index is 12.1. The maximum Gasteiger partial charge on any atom is 0.276 e. The van der Waals surface area contributed by atoms with Crippen LogP contribution in [0.1, 0.15) is 31.6 Å². The summed E-state index contributed by atoms with van der Waals surface area (Å²) in [5, 5.41) is 17.9. The zero-order chi connectivity index (χ0) is 24.5. The fraction of sp³-hybridized carbons (Fsp3) is 0.360. The first-order chi connectivity index (χ1) is 17.1. The zero-order valence-electron chi connectivity index (χ0n) is 19.6. The number of fused-ring (bicyclic) bond motifs is 1. The summed E-state index contributed by atoms with van der Waals surface area (Å²) >= 11 is 0. The molecule has 0 saturated carbocycles. The van der Waals surface area contributed by atoms with Crippen molar-refractivity contribution in [3.8, 4) is 17.1 Å². The van der Waals surface area contributed by atoms with Crippen molar-refractivity contribution >= 4 is 11.8 Å². The Morgan fingerprint density at radius 2 is 1.91 bits per heavy atom. The lowest BCUT2D eigenvalue weighted by atomic mass is 9.93. The molecule has 0 spiro atoms. The Morgan fingerprint density at radius 1 is 1.09 bits per heavy atom. The number of hydrogen-bond donors (Lipinski definition) is 2. The molecule has 2 amide bonds. The first kappa shape index (κ1) is 24.1. The number of aryl methyl sites for hydroxylation is 1. The number of aromatic nitrogens is 2. The standard InChI is InChI=1S/C25H28N6O4/c1-34-18-13-11-17(12-14-18)23-28-22(35-31-23)10-6-9-21(32)26-15-4-5-16-27-24-19-7-2-3-8-20(19)25(33)30-29-24/h2-3,7-8,11-14,20,27H,4-6,9-10,15-16H2,1H3,(H,26,32). The number of unbranched alkanes of at least 4 members (excludes halogenated alkanes) is 1. The number of amides is 2. The van der Waals surface area contributed by atoms with E-state index in [4.69, 9.17) is 9.26 Å². The van der Waals surface area contributed by atoms with Crippen molar-refractivity contribution in [1.29, 1.82) is 0 Å². The smallest absolute Gasteiger partial charge is 0.276 e. The highest BCUT2D eigenvalue weighted by Gasteiger charge is 2.26. The van der Waals surface area contributed by atoms with Gasteiger partial charge in [-0.25, -0.2) is 0 Å². The van der Waals surface area contributed by atoms with E-state index >= 15 is 0 Å². The van der Waals surface area contributed by atoms with Gasteiger partial charge in [-0.3, -0.25) is 9.59 Å². The summed E-state index contributed by atoms with van der Waals surface area (Å²) in [4.78, 5) is 28.3. The molecule has 2 N–H and O–H groups in total. The van der Waals surface area contributed by atoms with Crippen molar-refractivity contribution in [2.24, 2.45) is 16.1 Å². The molecule has 1 atom stereocenters. The molecular formula is C25H28N6O4. The van der Waals surface area contributed by atoms with Gasteiger partial charge in [0.2, 0.25) is 17.6 Å². The van der Waals surface area contributed by atoms with Gasteiger partial charge in [-0.2, -0.15) is 4.98 Å². The molecule has 0 fully saturated rings. The van der Waals surface area contributed by atoms with Crippen LogP contribution in [0, 0.1) is 5.92 Å². The minimum atomic E-state index is -0.347. The monoisotopic (exact) mass is 476 g/mol. The maximum atomic E-state index is 12.1. The molecule has 1 aliphatic heterocycles. The van der Waals surface area contributed by atoms with Crippen LogP contribution in [0.3, 0.4) is 0 Å². The molecule has 0 radical (unpaired) electrons. The second-order valence-electron chi connectivity index (χ2n) is 8.14. The van der Waals surface area contributed by atoms with Gasteiger partial charge in [0.1, 0.15) is 5.75 Å². The third-order valence-corrected chi connectivity index (χ3v) is 5.64. The molecule has 1 aromatic carbocycles. The van der Waals surface area contributed by atoms with Crippen LogP contribution >= 0.6 is 0 Å². The van der Waals surface area contributed by atoms with Crippen LogP contribution in [-0.4, -0.2) is 42.2 Å². The molecule has 35 heavy (non-hydrogen) atoms. The minimum absolute atomic E-state index is 0.000604. The van der Waals surface area contributed by atoms with Crippen LogP contribution in [0.15, 0.2) is 74.7 Å². The van der Waals surface area contributed by atoms with Crippen molar-refractivity contribution in [1.82, 2.24) is 20.8 Å². The Kier molecular flexibility index (Phi) is 8.16. The lowest BCUT2D eigenvalue weighted by molar-refractivity contribution is -0.121. The Hall–Kier alpha value is -4.08. The SMILES string of the molecule is COc1ccc(-c2noc(CCCC(=O)NCCCCNC3=C4C=CC=CC4C(=O)N=N3)n2)cc1. The molecular weight excluding hydrogens is 448 g/mol. The van der Waals surface area contributed by atoms with Crippen molar-refractivity contribution in [2.45, 2.75) is 32.1 Å². The highest BCUT2D eigenvalue weighted by molar-refractivity contribution is 5.86. The van der Waals surface area contributed by atoms with Crippen LogP contribution in [0.2, 0.25) is 0 Å². The predicted octanol–water partition coefficient (Wildman–Crippen LogP) is 3.50. The molecule has 182 valence electrons. The van der Waals surface area contributed by atoms with Crippen molar-refractivity contribution < 1.29 is 18.8 Å². The number of methoxy groups -OCH3 is 1. The zero-order valence-corrected chi connectivity index (χ0v) is 19.6. The normalized spacial score (nSPS) is 16.4. The first-order valence-corrected chi connectivity index (χ1v) is 11.7. The second kappa shape index (κ2) is 11.9. The van der Waals surface area contributed by atoms with E-state index in [1.165, 1.54) is 0 Å². The number of ether oxygens (including phenoxy) is 1. The lowest BCUT2D eigenvalue weighted by Gasteiger charge is -2.20. The van der Waals surface area contributed by atoms with E-state index in [9.17, 15) is 9.59 Å². The number of carbonyl (C=O) groups excluding carboxylic acids is 2. The summed E-state index contributed by atoms with van der Waals surface area (Å²) < 4.78 is 10.4. The Balaban J connectivity index is 1.09. The van der Waals surface area contributed by atoms with Crippen LogP contribution in [0.25, 0.3) is 11.4 Å². The molecule has 0 saturated heterocycles. The van der Waals surface area contributed by atoms with Crippen LogP contribution in [0.4, 0.5) is 0 Å². The van der Waals surface area contributed by atoms with Crippen LogP contribution in [0.5, 0.6) is 5.75 Å². The number of azo groups is 1. The van der Waals surface area contributed by atoms with Crippen molar-refractivity contribution in [3.63, 3.8) is 0 Å². The van der Waals surface area contributed by atoms with E-state index in [1.54, 1.807) is 7.11 Å². The number of benzene rings is 1. The highest BCUT2D eigenvalue weighted by Crippen LogP contribution is 2.27. The molecule has 1 unspecified atom stereocenters. The van der Waals surface area contributed by atoms with Gasteiger partial charge in [0.25, 0.3) is 5.91 Å². The van der Waals surface area contributed by atoms with Gasteiger partial charge < -0.3 is 19.9 Å². The molecule has 1 aliphatic carbocycles. The van der Waals surface area contributed by atoms with E-state index in [-0.39, 0.29) is 17.7 Å². The Bertz CT molecular complexity index is 1160. The van der Waals surface area contributed by atoms with Gasteiger partial charge in [0.05, 0.1) is 13.0 Å². The number of allylic oxidation sites excluding steroid dienone is 3. The van der Waals surface area contributed by atoms with Gasteiger partial charge >= 0.3 is 0 Å². The second-order valence-corrected chi connectivity index (χ2v) is 8.14. The van der Waals surface area contributed by atoms with Gasteiger partial charge in [-0.1, -0.05) is 29.5 Å². The van der Waals surface area contributed by atoms with E-state index in [0.29, 0.717) is 49.9 Å².